The molecule has 0 aliphatic rings. The zero-order valence-corrected chi connectivity index (χ0v) is 16.9. The van der Waals surface area contributed by atoms with Gasteiger partial charge in [-0.3, -0.25) is 9.59 Å². The van der Waals surface area contributed by atoms with Crippen molar-refractivity contribution in [2.24, 2.45) is 0 Å². The van der Waals surface area contributed by atoms with Gasteiger partial charge >= 0.3 is 0 Å². The first-order valence-corrected chi connectivity index (χ1v) is 8.93. The Bertz CT molecular complexity index is 852. The Hall–Kier alpha value is -2.80. The zero-order chi connectivity index (χ0) is 19.8. The van der Waals surface area contributed by atoms with Crippen molar-refractivity contribution in [3.63, 3.8) is 0 Å². The fraction of sp³-hybridized carbons (Fsp3) is 0.200. The maximum atomic E-state index is 12.3. The normalized spacial score (nSPS) is 10.5. The number of hydrogen-bond acceptors (Lipinski definition) is 4. The summed E-state index contributed by atoms with van der Waals surface area (Å²) in [4.78, 5) is 25.8. The zero-order valence-electron chi connectivity index (χ0n) is 15.4. The number of rotatable bonds is 7. The number of para-hydroxylation sites is 1. The van der Waals surface area contributed by atoms with E-state index in [9.17, 15) is 9.59 Å². The second kappa shape index (κ2) is 9.78. The van der Waals surface area contributed by atoms with Crippen LogP contribution >= 0.6 is 15.9 Å². The molecule has 0 spiro atoms. The van der Waals surface area contributed by atoms with Crippen LogP contribution in [0.15, 0.2) is 53.0 Å². The van der Waals surface area contributed by atoms with Gasteiger partial charge in [-0.25, -0.2) is 0 Å². The van der Waals surface area contributed by atoms with Gasteiger partial charge in [0.2, 0.25) is 11.8 Å². The van der Waals surface area contributed by atoms with Crippen LogP contribution in [0.2, 0.25) is 0 Å². The van der Waals surface area contributed by atoms with E-state index in [-0.39, 0.29) is 18.4 Å². The van der Waals surface area contributed by atoms with Crippen LogP contribution in [-0.2, 0) is 9.59 Å². The first-order valence-electron chi connectivity index (χ1n) is 8.14. The molecule has 0 aliphatic carbocycles. The summed E-state index contributed by atoms with van der Waals surface area (Å²) in [5, 5.41) is 2.76. The SMILES string of the molecule is COc1ccc(OC)c(/C=C/C(=O)N(C)CC(=O)Nc2ccccc2Br)c1. The Balaban J connectivity index is 2.00. The number of anilines is 1. The Morgan fingerprint density at radius 2 is 1.89 bits per heavy atom. The first kappa shape index (κ1) is 20.5. The second-order valence-corrected chi connectivity index (χ2v) is 6.52. The minimum Gasteiger partial charge on any atom is -0.497 e. The van der Waals surface area contributed by atoms with Gasteiger partial charge in [-0.2, -0.15) is 0 Å². The second-order valence-electron chi connectivity index (χ2n) is 5.66. The average Bonchev–Trinajstić information content (AvgIpc) is 2.67. The summed E-state index contributed by atoms with van der Waals surface area (Å²) < 4.78 is 11.2. The number of nitrogens with one attached hydrogen (secondary N) is 1. The molecule has 2 rings (SSSR count). The Labute approximate surface area is 166 Å². The van der Waals surface area contributed by atoms with E-state index >= 15 is 0 Å². The lowest BCUT2D eigenvalue weighted by Gasteiger charge is -2.15. The third kappa shape index (κ3) is 5.86. The van der Waals surface area contributed by atoms with Crippen LogP contribution in [0.1, 0.15) is 5.56 Å². The monoisotopic (exact) mass is 432 g/mol. The number of likely N-dealkylation sites (N-methyl/N-ethyl adjacent to an activating group) is 1. The van der Waals surface area contributed by atoms with Gasteiger partial charge in [0.1, 0.15) is 11.5 Å². The summed E-state index contributed by atoms with van der Waals surface area (Å²) in [5.74, 6) is 0.686. The number of methoxy groups -OCH3 is 2. The van der Waals surface area contributed by atoms with Crippen LogP contribution in [-0.4, -0.2) is 44.5 Å². The first-order chi connectivity index (χ1) is 12.9. The molecular formula is C20H21BrN2O4. The van der Waals surface area contributed by atoms with Crippen LogP contribution in [0.3, 0.4) is 0 Å². The number of carbonyl (C=O) groups is 2. The molecule has 27 heavy (non-hydrogen) atoms. The van der Waals surface area contributed by atoms with E-state index in [1.807, 2.05) is 18.2 Å². The van der Waals surface area contributed by atoms with Crippen molar-refractivity contribution in [3.8, 4) is 11.5 Å². The number of hydrogen-bond donors (Lipinski definition) is 1. The van der Waals surface area contributed by atoms with Gasteiger partial charge < -0.3 is 19.7 Å². The third-order valence-corrected chi connectivity index (χ3v) is 4.44. The highest BCUT2D eigenvalue weighted by molar-refractivity contribution is 9.10. The number of ether oxygens (including phenoxy) is 2. The van der Waals surface area contributed by atoms with E-state index in [0.717, 1.165) is 4.47 Å². The Morgan fingerprint density at radius 3 is 2.56 bits per heavy atom. The van der Waals surface area contributed by atoms with Crippen molar-refractivity contribution in [3.05, 3.63) is 58.6 Å². The highest BCUT2D eigenvalue weighted by atomic mass is 79.9. The van der Waals surface area contributed by atoms with Gasteiger partial charge in [0.15, 0.2) is 0 Å². The lowest BCUT2D eigenvalue weighted by atomic mass is 10.1. The molecule has 0 saturated heterocycles. The van der Waals surface area contributed by atoms with Crippen LogP contribution in [0.25, 0.3) is 6.08 Å². The topological polar surface area (TPSA) is 67.9 Å². The molecule has 7 heteroatoms. The average molecular weight is 433 g/mol. The molecule has 0 radical (unpaired) electrons. The van der Waals surface area contributed by atoms with Crippen molar-refractivity contribution >= 4 is 39.5 Å². The summed E-state index contributed by atoms with van der Waals surface area (Å²) in [6.07, 6.45) is 3.02. The predicted octanol–water partition coefficient (Wildman–Crippen LogP) is 3.58. The smallest absolute Gasteiger partial charge is 0.246 e. The molecule has 0 saturated carbocycles. The molecule has 2 amide bonds. The fourth-order valence-electron chi connectivity index (χ4n) is 2.30. The maximum Gasteiger partial charge on any atom is 0.246 e. The quantitative estimate of drug-likeness (QED) is 0.678. The summed E-state index contributed by atoms with van der Waals surface area (Å²) in [7, 11) is 4.69. The lowest BCUT2D eigenvalue weighted by Crippen LogP contribution is -2.33. The van der Waals surface area contributed by atoms with E-state index in [4.69, 9.17) is 9.47 Å². The molecule has 2 aromatic rings. The van der Waals surface area contributed by atoms with E-state index in [1.54, 1.807) is 51.6 Å². The van der Waals surface area contributed by atoms with Crippen molar-refractivity contribution in [2.45, 2.75) is 0 Å². The number of benzene rings is 2. The summed E-state index contributed by atoms with van der Waals surface area (Å²) >= 11 is 3.37. The van der Waals surface area contributed by atoms with Crippen molar-refractivity contribution < 1.29 is 19.1 Å². The molecule has 0 fully saturated rings. The van der Waals surface area contributed by atoms with Gasteiger partial charge in [-0.05, 0) is 52.3 Å². The molecule has 0 atom stereocenters. The number of carbonyl (C=O) groups excluding carboxylic acids is 2. The van der Waals surface area contributed by atoms with Gasteiger partial charge in [-0.15, -0.1) is 0 Å². The van der Waals surface area contributed by atoms with Crippen LogP contribution in [0, 0.1) is 0 Å². The predicted molar refractivity (Wildman–Crippen MR) is 109 cm³/mol. The minimum absolute atomic E-state index is 0.0697. The summed E-state index contributed by atoms with van der Waals surface area (Å²) in [6, 6.07) is 12.6. The number of halogens is 1. The van der Waals surface area contributed by atoms with Gasteiger partial charge in [0.05, 0.1) is 26.5 Å². The summed E-state index contributed by atoms with van der Waals surface area (Å²) in [6.45, 7) is -0.0697. The molecule has 1 N–H and O–H groups in total. The molecular weight excluding hydrogens is 412 g/mol. The van der Waals surface area contributed by atoms with Crippen LogP contribution in [0.4, 0.5) is 5.69 Å². The Morgan fingerprint density at radius 1 is 1.15 bits per heavy atom. The van der Waals surface area contributed by atoms with Gasteiger partial charge in [0.25, 0.3) is 0 Å². The maximum absolute atomic E-state index is 12.3. The standard InChI is InChI=1S/C20H21BrN2O4/c1-23(13-19(24)22-17-7-5-4-6-16(17)21)20(25)11-8-14-12-15(26-2)9-10-18(14)27-3/h4-12H,13H2,1-3H3,(H,22,24)/b11-8+. The van der Waals surface area contributed by atoms with E-state index in [0.29, 0.717) is 22.7 Å². The van der Waals surface area contributed by atoms with Crippen molar-refractivity contribution in [1.29, 1.82) is 0 Å². The van der Waals surface area contributed by atoms with Crippen LogP contribution in [0.5, 0.6) is 11.5 Å². The highest BCUT2D eigenvalue weighted by Crippen LogP contribution is 2.25. The minimum atomic E-state index is -0.304. The molecule has 0 aromatic heterocycles. The van der Waals surface area contributed by atoms with Crippen LogP contribution < -0.4 is 14.8 Å². The molecule has 0 aliphatic heterocycles. The van der Waals surface area contributed by atoms with E-state index < -0.39 is 0 Å². The van der Waals surface area contributed by atoms with Crippen molar-refractivity contribution in [1.82, 2.24) is 4.90 Å². The molecule has 2 aromatic carbocycles. The Kier molecular flexibility index (Phi) is 7.43. The number of amides is 2. The summed E-state index contributed by atoms with van der Waals surface area (Å²) in [5.41, 5.74) is 1.36. The molecule has 0 unspecified atom stereocenters. The highest BCUT2D eigenvalue weighted by Gasteiger charge is 2.12. The molecule has 142 valence electrons. The van der Waals surface area contributed by atoms with Gasteiger partial charge in [-0.1, -0.05) is 12.1 Å². The third-order valence-electron chi connectivity index (χ3n) is 3.75. The fourth-order valence-corrected chi connectivity index (χ4v) is 2.69. The molecule has 0 bridgehead atoms. The lowest BCUT2D eigenvalue weighted by molar-refractivity contribution is -0.129. The number of nitrogens with zero attached hydrogens (tertiary/aromatic N) is 1. The molecule has 6 nitrogen and oxygen atoms in total. The van der Waals surface area contributed by atoms with Crippen molar-refractivity contribution in [2.75, 3.05) is 33.1 Å². The largest absolute Gasteiger partial charge is 0.497 e. The van der Waals surface area contributed by atoms with Gasteiger partial charge in [0, 0.05) is 23.2 Å². The molecule has 0 heterocycles. The van der Waals surface area contributed by atoms with E-state index in [1.165, 1.54) is 11.0 Å². The van der Waals surface area contributed by atoms with E-state index in [2.05, 4.69) is 21.2 Å².